The Kier molecular flexibility index (Phi) is 3.90. The van der Waals surface area contributed by atoms with Gasteiger partial charge in [0.05, 0.1) is 10.7 Å². The van der Waals surface area contributed by atoms with Crippen LogP contribution in [-0.2, 0) is 13.0 Å². The van der Waals surface area contributed by atoms with E-state index in [4.69, 9.17) is 11.6 Å². The number of hydrogen-bond donors (Lipinski definition) is 1. The molecule has 1 aliphatic rings. The Balaban J connectivity index is 1.74. The van der Waals surface area contributed by atoms with Crippen LogP contribution in [0, 0.1) is 0 Å². The number of likely N-dealkylation sites (N-methyl/N-ethyl adjacent to an activating group) is 1. The monoisotopic (exact) mass is 350 g/mol. The van der Waals surface area contributed by atoms with Crippen LogP contribution in [0.4, 0.5) is 11.4 Å². The van der Waals surface area contributed by atoms with Crippen LogP contribution in [0.5, 0.6) is 0 Å². The molecule has 1 aliphatic heterocycles. The molecule has 0 spiro atoms. The van der Waals surface area contributed by atoms with Gasteiger partial charge in [-0.05, 0) is 41.8 Å². The molecule has 0 atom stereocenters. The second-order valence-electron chi connectivity index (χ2n) is 5.11. The number of anilines is 2. The predicted molar refractivity (Wildman–Crippen MR) is 89.9 cm³/mol. The zero-order chi connectivity index (χ0) is 14.1. The highest BCUT2D eigenvalue weighted by Crippen LogP contribution is 2.29. The zero-order valence-corrected chi connectivity index (χ0v) is 13.6. The maximum Gasteiger partial charge on any atom is 0.0638 e. The smallest absolute Gasteiger partial charge is 0.0638 e. The van der Waals surface area contributed by atoms with E-state index in [2.05, 4.69) is 51.4 Å². The van der Waals surface area contributed by atoms with Gasteiger partial charge in [0.2, 0.25) is 0 Å². The molecule has 2 aromatic rings. The van der Waals surface area contributed by atoms with E-state index in [-0.39, 0.29) is 0 Å². The van der Waals surface area contributed by atoms with E-state index < -0.39 is 0 Å². The third-order valence-corrected chi connectivity index (χ3v) is 4.51. The number of rotatable bonds is 3. The van der Waals surface area contributed by atoms with E-state index in [1.54, 1.807) is 0 Å². The molecule has 3 rings (SSSR count). The van der Waals surface area contributed by atoms with Gasteiger partial charge in [-0.3, -0.25) is 0 Å². The van der Waals surface area contributed by atoms with Crippen LogP contribution in [0.2, 0.25) is 5.02 Å². The summed E-state index contributed by atoms with van der Waals surface area (Å²) in [4.78, 5) is 2.30. The van der Waals surface area contributed by atoms with E-state index >= 15 is 0 Å². The van der Waals surface area contributed by atoms with Crippen LogP contribution in [0.15, 0.2) is 40.9 Å². The Bertz CT molecular complexity index is 642. The average Bonchev–Trinajstić information content (AvgIpc) is 2.81. The highest BCUT2D eigenvalue weighted by molar-refractivity contribution is 9.10. The molecule has 1 N–H and O–H groups in total. The molecule has 20 heavy (non-hydrogen) atoms. The van der Waals surface area contributed by atoms with Gasteiger partial charge in [0.15, 0.2) is 0 Å². The van der Waals surface area contributed by atoms with Crippen molar-refractivity contribution in [2.24, 2.45) is 0 Å². The quantitative estimate of drug-likeness (QED) is 0.861. The van der Waals surface area contributed by atoms with Crippen molar-refractivity contribution in [2.45, 2.75) is 13.0 Å². The Labute approximate surface area is 132 Å². The largest absolute Gasteiger partial charge is 0.380 e. The Morgan fingerprint density at radius 3 is 2.95 bits per heavy atom. The van der Waals surface area contributed by atoms with Crippen LogP contribution in [0.1, 0.15) is 11.1 Å². The second-order valence-corrected chi connectivity index (χ2v) is 6.44. The van der Waals surface area contributed by atoms with Crippen molar-refractivity contribution < 1.29 is 0 Å². The van der Waals surface area contributed by atoms with Gasteiger partial charge in [0, 0.05) is 30.3 Å². The third-order valence-electron chi connectivity index (χ3n) is 3.68. The SMILES string of the molecule is CN1CCc2cc(CNc3cc(Br)ccc3Cl)ccc21. The first kappa shape index (κ1) is 13.8. The first-order valence-corrected chi connectivity index (χ1v) is 7.82. The topological polar surface area (TPSA) is 15.3 Å². The Morgan fingerprint density at radius 2 is 2.10 bits per heavy atom. The molecule has 1 heterocycles. The molecule has 2 aromatic carbocycles. The molecule has 104 valence electrons. The molecule has 0 aromatic heterocycles. The van der Waals surface area contributed by atoms with Gasteiger partial charge in [-0.25, -0.2) is 0 Å². The summed E-state index contributed by atoms with van der Waals surface area (Å²) in [6, 6.07) is 12.5. The fraction of sp³-hybridized carbons (Fsp3) is 0.250. The summed E-state index contributed by atoms with van der Waals surface area (Å²) in [7, 11) is 2.14. The fourth-order valence-corrected chi connectivity index (χ4v) is 3.11. The van der Waals surface area contributed by atoms with E-state index in [1.807, 2.05) is 18.2 Å². The summed E-state index contributed by atoms with van der Waals surface area (Å²) >= 11 is 9.65. The van der Waals surface area contributed by atoms with Crippen LogP contribution in [-0.4, -0.2) is 13.6 Å². The molecule has 0 aliphatic carbocycles. The predicted octanol–water partition coefficient (Wildman–Crippen LogP) is 4.71. The van der Waals surface area contributed by atoms with Crippen molar-refractivity contribution in [3.05, 3.63) is 57.0 Å². The summed E-state index contributed by atoms with van der Waals surface area (Å²) in [5, 5.41) is 4.14. The molecule has 0 saturated carbocycles. The molecule has 0 bridgehead atoms. The molecular weight excluding hydrogens is 336 g/mol. The van der Waals surface area contributed by atoms with E-state index in [0.29, 0.717) is 0 Å². The number of nitrogens with zero attached hydrogens (tertiary/aromatic N) is 1. The molecule has 4 heteroatoms. The van der Waals surface area contributed by atoms with Crippen LogP contribution in [0.25, 0.3) is 0 Å². The van der Waals surface area contributed by atoms with E-state index in [0.717, 1.165) is 34.7 Å². The van der Waals surface area contributed by atoms with Gasteiger partial charge in [-0.15, -0.1) is 0 Å². The lowest BCUT2D eigenvalue weighted by molar-refractivity contribution is 0.955. The highest BCUT2D eigenvalue weighted by Gasteiger charge is 2.15. The normalized spacial score (nSPS) is 13.4. The number of nitrogens with one attached hydrogen (secondary N) is 1. The van der Waals surface area contributed by atoms with E-state index in [9.17, 15) is 0 Å². The van der Waals surface area contributed by atoms with Crippen molar-refractivity contribution in [1.29, 1.82) is 0 Å². The molecule has 0 fully saturated rings. The maximum absolute atomic E-state index is 6.19. The second kappa shape index (κ2) is 5.66. The van der Waals surface area contributed by atoms with Gasteiger partial charge >= 0.3 is 0 Å². The lowest BCUT2D eigenvalue weighted by Crippen LogP contribution is -2.12. The van der Waals surface area contributed by atoms with Crippen molar-refractivity contribution in [3.63, 3.8) is 0 Å². The summed E-state index contributed by atoms with van der Waals surface area (Å²) in [5.74, 6) is 0. The number of hydrogen-bond acceptors (Lipinski definition) is 2. The van der Waals surface area contributed by atoms with Gasteiger partial charge in [-0.1, -0.05) is 39.7 Å². The number of halogens is 2. The van der Waals surface area contributed by atoms with Gasteiger partial charge in [0.1, 0.15) is 0 Å². The number of benzene rings is 2. The van der Waals surface area contributed by atoms with Crippen molar-refractivity contribution in [1.82, 2.24) is 0 Å². The molecule has 0 unspecified atom stereocenters. The molecular formula is C16H16BrClN2. The fourth-order valence-electron chi connectivity index (χ4n) is 2.56. The first-order chi connectivity index (χ1) is 9.63. The van der Waals surface area contributed by atoms with Crippen LogP contribution in [0.3, 0.4) is 0 Å². The molecule has 2 nitrogen and oxygen atoms in total. The highest BCUT2D eigenvalue weighted by atomic mass is 79.9. The lowest BCUT2D eigenvalue weighted by atomic mass is 10.1. The standard InChI is InChI=1S/C16H16BrClN2/c1-20-7-6-12-8-11(2-5-16(12)20)10-19-15-9-13(17)3-4-14(15)18/h2-5,8-9,19H,6-7,10H2,1H3. The zero-order valence-electron chi connectivity index (χ0n) is 11.3. The minimum absolute atomic E-state index is 0.745. The number of fused-ring (bicyclic) bond motifs is 1. The molecule has 0 saturated heterocycles. The lowest BCUT2D eigenvalue weighted by Gasteiger charge is -2.13. The van der Waals surface area contributed by atoms with Gasteiger partial charge < -0.3 is 10.2 Å². The molecule has 0 amide bonds. The summed E-state index contributed by atoms with van der Waals surface area (Å²) in [6.45, 7) is 1.90. The summed E-state index contributed by atoms with van der Waals surface area (Å²) < 4.78 is 1.03. The minimum Gasteiger partial charge on any atom is -0.380 e. The third kappa shape index (κ3) is 2.79. The van der Waals surface area contributed by atoms with Crippen LogP contribution < -0.4 is 10.2 Å². The first-order valence-electron chi connectivity index (χ1n) is 6.65. The Morgan fingerprint density at radius 1 is 1.25 bits per heavy atom. The van der Waals surface area contributed by atoms with Crippen LogP contribution >= 0.6 is 27.5 Å². The maximum atomic E-state index is 6.19. The molecule has 0 radical (unpaired) electrons. The average molecular weight is 352 g/mol. The van der Waals surface area contributed by atoms with Crippen molar-refractivity contribution in [2.75, 3.05) is 23.8 Å². The Hall–Kier alpha value is -1.19. The van der Waals surface area contributed by atoms with Gasteiger partial charge in [-0.2, -0.15) is 0 Å². The van der Waals surface area contributed by atoms with E-state index in [1.165, 1.54) is 16.8 Å². The summed E-state index contributed by atoms with van der Waals surface area (Å²) in [5.41, 5.74) is 5.04. The van der Waals surface area contributed by atoms with Crippen molar-refractivity contribution in [3.8, 4) is 0 Å². The minimum atomic E-state index is 0.745. The van der Waals surface area contributed by atoms with Crippen molar-refractivity contribution >= 4 is 38.9 Å². The van der Waals surface area contributed by atoms with Gasteiger partial charge in [0.25, 0.3) is 0 Å². The summed E-state index contributed by atoms with van der Waals surface area (Å²) in [6.07, 6.45) is 1.14.